The zero-order chi connectivity index (χ0) is 26.2. The molecular formula is C25H29NO9S. The predicted molar refractivity (Wildman–Crippen MR) is 133 cm³/mol. The van der Waals surface area contributed by atoms with Gasteiger partial charge in [-0.25, -0.2) is 4.79 Å². The van der Waals surface area contributed by atoms with Gasteiger partial charge in [0.1, 0.15) is 47.6 Å². The van der Waals surface area contributed by atoms with Gasteiger partial charge >= 0.3 is 5.63 Å². The van der Waals surface area contributed by atoms with Gasteiger partial charge in [0.25, 0.3) is 0 Å². The molecule has 1 fully saturated rings. The molecule has 4 atom stereocenters. The van der Waals surface area contributed by atoms with Gasteiger partial charge < -0.3 is 38.8 Å². The number of fused-ring (bicyclic) bond motifs is 1. The van der Waals surface area contributed by atoms with E-state index in [1.165, 1.54) is 31.4 Å². The van der Waals surface area contributed by atoms with Crippen LogP contribution in [0.2, 0.25) is 0 Å². The van der Waals surface area contributed by atoms with E-state index in [0.717, 1.165) is 5.56 Å². The second-order valence-corrected chi connectivity index (χ2v) is 9.89. The van der Waals surface area contributed by atoms with Crippen LogP contribution in [0.5, 0.6) is 11.5 Å². The van der Waals surface area contributed by atoms with Crippen LogP contribution in [0.15, 0.2) is 43.3 Å². The van der Waals surface area contributed by atoms with Crippen LogP contribution in [0.25, 0.3) is 11.0 Å². The van der Waals surface area contributed by atoms with E-state index in [1.807, 2.05) is 16.8 Å². The van der Waals surface area contributed by atoms with Crippen molar-refractivity contribution in [2.45, 2.75) is 64.5 Å². The minimum atomic E-state index is -1.39. The van der Waals surface area contributed by atoms with Crippen molar-refractivity contribution in [3.05, 3.63) is 56.1 Å². The maximum absolute atomic E-state index is 12.8. The summed E-state index contributed by atoms with van der Waals surface area (Å²) in [5, 5.41) is 40.0. The summed E-state index contributed by atoms with van der Waals surface area (Å²) in [4.78, 5) is 18.1. The van der Waals surface area contributed by atoms with Gasteiger partial charge in [0.05, 0.1) is 16.7 Å². The molecule has 0 spiro atoms. The maximum Gasteiger partial charge on any atom is 0.349 e. The van der Waals surface area contributed by atoms with Crippen LogP contribution in [0, 0.1) is 6.92 Å². The van der Waals surface area contributed by atoms with Crippen molar-refractivity contribution in [2.75, 3.05) is 7.11 Å². The molecule has 0 bridgehead atoms. The van der Waals surface area contributed by atoms with Crippen molar-refractivity contribution >= 4 is 28.0 Å². The Bertz CT molecular complexity index is 1320. The summed E-state index contributed by atoms with van der Waals surface area (Å²) in [5.74, 6) is -0.0603. The average molecular weight is 520 g/mol. The van der Waals surface area contributed by atoms with Crippen LogP contribution >= 0.6 is 11.3 Å². The standard InChI is InChI=1S/C25H29NO9S/c1-12-16(33-24-20(29)19(28)22(31-5)25(3,4)35-24)7-6-15-18(27)17(23(30)34-21(12)15)13(2)26-32-10-14-8-9-36-11-14/h6-9,11,19-20,22,24,27-29H,10H2,1-5H3/t19-,20+,22+,24+/m0/s1. The second kappa shape index (κ2) is 10.2. The molecule has 3 N–H and O–H groups in total. The Labute approximate surface area is 211 Å². The number of methoxy groups -OCH3 is 1. The van der Waals surface area contributed by atoms with Gasteiger partial charge in [-0.1, -0.05) is 5.16 Å². The van der Waals surface area contributed by atoms with Crippen LogP contribution in [-0.2, 0) is 20.9 Å². The van der Waals surface area contributed by atoms with Crippen LogP contribution in [-0.4, -0.2) is 58.3 Å². The third-order valence-corrected chi connectivity index (χ3v) is 6.89. The molecule has 36 heavy (non-hydrogen) atoms. The highest BCUT2D eigenvalue weighted by Crippen LogP contribution is 2.37. The lowest BCUT2D eigenvalue weighted by molar-refractivity contribution is -0.306. The molecule has 194 valence electrons. The van der Waals surface area contributed by atoms with E-state index >= 15 is 0 Å². The number of benzene rings is 1. The number of aromatic hydroxyl groups is 1. The summed E-state index contributed by atoms with van der Waals surface area (Å²) < 4.78 is 22.6. The summed E-state index contributed by atoms with van der Waals surface area (Å²) >= 11 is 1.53. The van der Waals surface area contributed by atoms with Gasteiger partial charge in [0.2, 0.25) is 6.29 Å². The number of aliphatic hydroxyl groups excluding tert-OH is 2. The maximum atomic E-state index is 12.8. The normalized spacial score (nSPS) is 24.1. The van der Waals surface area contributed by atoms with Gasteiger partial charge in [-0.05, 0) is 56.7 Å². The van der Waals surface area contributed by atoms with Crippen LogP contribution in [0.4, 0.5) is 0 Å². The summed E-state index contributed by atoms with van der Waals surface area (Å²) in [7, 11) is 1.42. The van der Waals surface area contributed by atoms with Gasteiger partial charge in [0, 0.05) is 18.2 Å². The monoisotopic (exact) mass is 519 g/mol. The van der Waals surface area contributed by atoms with Gasteiger partial charge in [-0.3, -0.25) is 0 Å². The minimum Gasteiger partial charge on any atom is -0.506 e. The fraction of sp³-hybridized carbons (Fsp3) is 0.440. The average Bonchev–Trinajstić information content (AvgIpc) is 3.33. The molecule has 4 rings (SSSR count). The molecule has 0 amide bonds. The molecule has 0 unspecified atom stereocenters. The molecule has 1 aliphatic heterocycles. The van der Waals surface area contributed by atoms with Gasteiger partial charge in [-0.2, -0.15) is 11.3 Å². The smallest absolute Gasteiger partial charge is 0.349 e. The topological polar surface area (TPSA) is 140 Å². The largest absolute Gasteiger partial charge is 0.506 e. The summed E-state index contributed by atoms with van der Waals surface area (Å²) in [6, 6.07) is 4.97. The highest BCUT2D eigenvalue weighted by Gasteiger charge is 2.50. The number of hydrogen-bond acceptors (Lipinski definition) is 11. The van der Waals surface area contributed by atoms with E-state index in [-0.39, 0.29) is 40.4 Å². The number of ether oxygens (including phenoxy) is 3. The SMILES string of the molecule is CO[C@@H]1[C@@H](O)[C@@H](O)[C@H](Oc2ccc3c(O)c(C(C)=NOCc4ccsc4)c(=O)oc3c2C)OC1(C)C. The van der Waals surface area contributed by atoms with E-state index in [9.17, 15) is 20.1 Å². The van der Waals surface area contributed by atoms with E-state index in [0.29, 0.717) is 5.56 Å². The molecular weight excluding hydrogens is 490 g/mol. The van der Waals surface area contributed by atoms with Crippen molar-refractivity contribution < 1.29 is 38.8 Å². The lowest BCUT2D eigenvalue weighted by Gasteiger charge is -2.46. The summed E-state index contributed by atoms with van der Waals surface area (Å²) in [6.07, 6.45) is -4.63. The van der Waals surface area contributed by atoms with Crippen molar-refractivity contribution in [2.24, 2.45) is 5.16 Å². The molecule has 11 heteroatoms. The fourth-order valence-electron chi connectivity index (χ4n) is 4.27. The molecule has 1 aliphatic rings. The Hall–Kier alpha value is -2.96. The summed E-state index contributed by atoms with van der Waals surface area (Å²) in [5.41, 5.74) is -0.256. The Kier molecular flexibility index (Phi) is 7.39. The first-order chi connectivity index (χ1) is 17.0. The fourth-order valence-corrected chi connectivity index (χ4v) is 4.92. The van der Waals surface area contributed by atoms with Crippen molar-refractivity contribution in [1.29, 1.82) is 0 Å². The number of aliphatic hydroxyl groups is 2. The van der Waals surface area contributed by atoms with Crippen molar-refractivity contribution in [1.82, 2.24) is 0 Å². The lowest BCUT2D eigenvalue weighted by Crippen LogP contribution is -2.63. The number of nitrogens with zero attached hydrogens (tertiary/aromatic N) is 1. The highest BCUT2D eigenvalue weighted by molar-refractivity contribution is 7.07. The molecule has 1 saturated heterocycles. The van der Waals surface area contributed by atoms with E-state index in [1.54, 1.807) is 26.8 Å². The Balaban J connectivity index is 1.62. The minimum absolute atomic E-state index is 0.102. The van der Waals surface area contributed by atoms with Crippen molar-refractivity contribution in [3.63, 3.8) is 0 Å². The van der Waals surface area contributed by atoms with E-state index < -0.39 is 35.8 Å². The molecule has 3 aromatic rings. The zero-order valence-corrected chi connectivity index (χ0v) is 21.4. The number of hydrogen-bond donors (Lipinski definition) is 3. The van der Waals surface area contributed by atoms with Crippen LogP contribution < -0.4 is 10.4 Å². The molecule has 10 nitrogen and oxygen atoms in total. The quantitative estimate of drug-likeness (QED) is 0.244. The van der Waals surface area contributed by atoms with Crippen LogP contribution in [0.1, 0.15) is 37.5 Å². The predicted octanol–water partition coefficient (Wildman–Crippen LogP) is 3.06. The molecule has 0 aliphatic carbocycles. The zero-order valence-electron chi connectivity index (χ0n) is 20.5. The molecule has 1 aromatic carbocycles. The first-order valence-corrected chi connectivity index (χ1v) is 12.2. The Morgan fingerprint density at radius 2 is 1.97 bits per heavy atom. The van der Waals surface area contributed by atoms with E-state index in [2.05, 4.69) is 5.16 Å². The number of rotatable bonds is 7. The Morgan fingerprint density at radius 3 is 2.64 bits per heavy atom. The number of thiophene rings is 1. The lowest BCUT2D eigenvalue weighted by atomic mass is 9.89. The highest BCUT2D eigenvalue weighted by atomic mass is 32.1. The third-order valence-electron chi connectivity index (χ3n) is 6.16. The third kappa shape index (κ3) is 4.84. The van der Waals surface area contributed by atoms with Crippen molar-refractivity contribution in [3.8, 4) is 11.5 Å². The Morgan fingerprint density at radius 1 is 1.22 bits per heavy atom. The molecule has 2 aromatic heterocycles. The number of oxime groups is 1. The van der Waals surface area contributed by atoms with E-state index in [4.69, 9.17) is 23.5 Å². The summed E-state index contributed by atoms with van der Waals surface area (Å²) in [6.45, 7) is 6.84. The molecule has 3 heterocycles. The first kappa shape index (κ1) is 26.1. The second-order valence-electron chi connectivity index (χ2n) is 9.11. The number of aryl methyl sites for hydroxylation is 1. The van der Waals surface area contributed by atoms with Gasteiger partial charge in [-0.15, -0.1) is 0 Å². The van der Waals surface area contributed by atoms with Crippen LogP contribution in [0.3, 0.4) is 0 Å². The molecule has 0 saturated carbocycles. The molecule has 0 radical (unpaired) electrons. The first-order valence-electron chi connectivity index (χ1n) is 11.3. The van der Waals surface area contributed by atoms with Gasteiger partial charge in [0.15, 0.2) is 0 Å².